The zero-order valence-electron chi connectivity index (χ0n) is 8.20. The Hall–Kier alpha value is 0. The van der Waals surface area contributed by atoms with Crippen LogP contribution in [-0.2, 0) is 0 Å². The van der Waals surface area contributed by atoms with Gasteiger partial charge >= 0.3 is 0 Å². The van der Waals surface area contributed by atoms with Crippen molar-refractivity contribution >= 4 is 0 Å². The van der Waals surface area contributed by atoms with Crippen molar-refractivity contribution in [3.63, 3.8) is 0 Å². The topological polar surface area (TPSA) is 0 Å². The maximum absolute atomic E-state index is 2.34. The molecule has 0 nitrogen and oxygen atoms in total. The molecule has 0 heterocycles. The molecule has 0 fully saturated rings. The van der Waals surface area contributed by atoms with Crippen LogP contribution < -0.4 is 0 Å². The van der Waals surface area contributed by atoms with E-state index in [1.165, 1.54) is 19.3 Å². The summed E-state index contributed by atoms with van der Waals surface area (Å²) in [5, 5.41) is 0. The highest BCUT2D eigenvalue weighted by atomic mass is 14.2. The van der Waals surface area contributed by atoms with Crippen LogP contribution in [0.2, 0.25) is 0 Å². The van der Waals surface area contributed by atoms with Crippen LogP contribution in [0.3, 0.4) is 0 Å². The summed E-state index contributed by atoms with van der Waals surface area (Å²) in [6.07, 6.45) is 4.08. The van der Waals surface area contributed by atoms with Crippen LogP contribution in [0, 0.1) is 11.3 Å². The molecule has 0 spiro atoms. The Balaban J connectivity index is 3.36. The fourth-order valence-electron chi connectivity index (χ4n) is 0.884. The second kappa shape index (κ2) is 4.00. The molecule has 0 aromatic rings. The quantitative estimate of drug-likeness (QED) is 0.561. The highest BCUT2D eigenvalue weighted by Gasteiger charge is 2.10. The monoisotopic (exact) mass is 142 g/mol. The minimum absolute atomic E-state index is 0.531. The van der Waals surface area contributed by atoms with Crippen LogP contribution in [0.5, 0.6) is 0 Å². The van der Waals surface area contributed by atoms with Gasteiger partial charge in [-0.05, 0) is 17.8 Å². The van der Waals surface area contributed by atoms with Gasteiger partial charge in [0.05, 0.1) is 0 Å². The fraction of sp³-hybridized carbons (Fsp3) is 1.00. The molecular weight excluding hydrogens is 120 g/mol. The Kier molecular flexibility index (Phi) is 4.00. The smallest absolute Gasteiger partial charge is 0.0383 e. The molecule has 0 aromatic heterocycles. The largest absolute Gasteiger partial charge is 0.0651 e. The molecule has 0 aromatic carbocycles. The van der Waals surface area contributed by atoms with Crippen LogP contribution in [0.25, 0.3) is 0 Å². The van der Waals surface area contributed by atoms with Crippen molar-refractivity contribution in [2.45, 2.75) is 53.9 Å². The van der Waals surface area contributed by atoms with Crippen molar-refractivity contribution in [1.82, 2.24) is 0 Å². The fourth-order valence-corrected chi connectivity index (χ4v) is 0.884. The summed E-state index contributed by atoms with van der Waals surface area (Å²) in [5.74, 6) is 0.916. The highest BCUT2D eigenvalue weighted by molar-refractivity contribution is 4.63. The molecule has 0 amide bonds. The Morgan fingerprint density at radius 3 is 2.00 bits per heavy atom. The van der Waals surface area contributed by atoms with Crippen molar-refractivity contribution in [1.29, 1.82) is 0 Å². The summed E-state index contributed by atoms with van der Waals surface area (Å²) in [5.41, 5.74) is 0.531. The maximum atomic E-state index is 2.34. The number of rotatable bonds is 3. The molecule has 0 saturated carbocycles. The van der Waals surface area contributed by atoms with Gasteiger partial charge in [-0.25, -0.2) is 0 Å². The highest BCUT2D eigenvalue weighted by Crippen LogP contribution is 2.24. The zero-order valence-corrected chi connectivity index (χ0v) is 8.20. The normalized spacial score (nSPS) is 15.3. The Bertz CT molecular complexity index is 76.5. The van der Waals surface area contributed by atoms with E-state index in [0.29, 0.717) is 5.41 Å². The van der Waals surface area contributed by atoms with Crippen molar-refractivity contribution in [3.05, 3.63) is 0 Å². The summed E-state index contributed by atoms with van der Waals surface area (Å²) in [6.45, 7) is 11.6. The van der Waals surface area contributed by atoms with Crippen molar-refractivity contribution in [3.8, 4) is 0 Å². The van der Waals surface area contributed by atoms with E-state index in [-0.39, 0.29) is 0 Å². The van der Waals surface area contributed by atoms with E-state index in [2.05, 4.69) is 34.6 Å². The van der Waals surface area contributed by atoms with Crippen molar-refractivity contribution in [2.75, 3.05) is 0 Å². The minimum Gasteiger partial charge on any atom is -0.0651 e. The lowest BCUT2D eigenvalue weighted by molar-refractivity contribution is 0.327. The van der Waals surface area contributed by atoms with Crippen molar-refractivity contribution < 1.29 is 0 Å². The Morgan fingerprint density at radius 1 is 1.20 bits per heavy atom. The van der Waals surface area contributed by atoms with Crippen molar-refractivity contribution in [2.24, 2.45) is 11.3 Å². The molecular formula is C10H22. The molecule has 0 N–H and O–H groups in total. The van der Waals surface area contributed by atoms with Gasteiger partial charge < -0.3 is 0 Å². The second-order valence-corrected chi connectivity index (χ2v) is 4.61. The van der Waals surface area contributed by atoms with Gasteiger partial charge in [0.1, 0.15) is 0 Å². The zero-order chi connectivity index (χ0) is 8.20. The third-order valence-electron chi connectivity index (χ3n) is 2.08. The minimum atomic E-state index is 0.531. The van der Waals surface area contributed by atoms with E-state index in [9.17, 15) is 0 Å². The molecule has 0 aliphatic rings. The van der Waals surface area contributed by atoms with Crippen LogP contribution in [-0.4, -0.2) is 0 Å². The Morgan fingerprint density at radius 2 is 1.70 bits per heavy atom. The molecule has 62 valence electrons. The summed E-state index contributed by atoms with van der Waals surface area (Å²) in [4.78, 5) is 0. The lowest BCUT2D eigenvalue weighted by Crippen LogP contribution is -2.06. The summed E-state index contributed by atoms with van der Waals surface area (Å²) in [7, 11) is 0. The first kappa shape index (κ1) is 10.0. The predicted octanol–water partition coefficient (Wildman–Crippen LogP) is 3.86. The second-order valence-electron chi connectivity index (χ2n) is 4.61. The summed E-state index contributed by atoms with van der Waals surface area (Å²) >= 11 is 0. The SMILES string of the molecule is CCC(C)CCC(C)(C)C. The number of hydrogen-bond acceptors (Lipinski definition) is 0. The van der Waals surface area contributed by atoms with Crippen LogP contribution in [0.4, 0.5) is 0 Å². The predicted molar refractivity (Wildman–Crippen MR) is 48.1 cm³/mol. The van der Waals surface area contributed by atoms with E-state index in [0.717, 1.165) is 5.92 Å². The lowest BCUT2D eigenvalue weighted by Gasteiger charge is -2.19. The molecule has 0 heteroatoms. The van der Waals surface area contributed by atoms with E-state index in [1.54, 1.807) is 0 Å². The van der Waals surface area contributed by atoms with E-state index in [1.807, 2.05) is 0 Å². The molecule has 0 saturated heterocycles. The third kappa shape index (κ3) is 6.12. The molecule has 0 aliphatic heterocycles. The van der Waals surface area contributed by atoms with E-state index < -0.39 is 0 Å². The molecule has 1 atom stereocenters. The lowest BCUT2D eigenvalue weighted by atomic mass is 9.86. The van der Waals surface area contributed by atoms with Gasteiger partial charge in [-0.3, -0.25) is 0 Å². The first-order chi connectivity index (χ1) is 4.45. The molecule has 0 radical (unpaired) electrons. The van der Waals surface area contributed by atoms with Gasteiger partial charge in [0.2, 0.25) is 0 Å². The maximum Gasteiger partial charge on any atom is -0.0383 e. The molecule has 0 rings (SSSR count). The molecule has 1 unspecified atom stereocenters. The molecule has 10 heavy (non-hydrogen) atoms. The van der Waals surface area contributed by atoms with Gasteiger partial charge in [-0.2, -0.15) is 0 Å². The van der Waals surface area contributed by atoms with Gasteiger partial charge in [0, 0.05) is 0 Å². The Labute approximate surface area is 66.0 Å². The van der Waals surface area contributed by atoms with Crippen LogP contribution >= 0.6 is 0 Å². The van der Waals surface area contributed by atoms with Gasteiger partial charge in [-0.1, -0.05) is 47.5 Å². The standard InChI is InChI=1S/C10H22/c1-6-9(2)7-8-10(3,4)5/h9H,6-8H2,1-5H3. The first-order valence-electron chi connectivity index (χ1n) is 4.45. The van der Waals surface area contributed by atoms with E-state index in [4.69, 9.17) is 0 Å². The third-order valence-corrected chi connectivity index (χ3v) is 2.08. The summed E-state index contributed by atoms with van der Waals surface area (Å²) < 4.78 is 0. The molecule has 0 bridgehead atoms. The average molecular weight is 142 g/mol. The first-order valence-corrected chi connectivity index (χ1v) is 4.45. The van der Waals surface area contributed by atoms with Gasteiger partial charge in [0.25, 0.3) is 0 Å². The summed E-state index contributed by atoms with van der Waals surface area (Å²) in [6, 6.07) is 0. The van der Waals surface area contributed by atoms with Crippen LogP contribution in [0.15, 0.2) is 0 Å². The van der Waals surface area contributed by atoms with Gasteiger partial charge in [-0.15, -0.1) is 0 Å². The molecule has 0 aliphatic carbocycles. The van der Waals surface area contributed by atoms with Gasteiger partial charge in [0.15, 0.2) is 0 Å². The number of hydrogen-bond donors (Lipinski definition) is 0. The average Bonchev–Trinajstić information content (AvgIpc) is 1.81. The van der Waals surface area contributed by atoms with E-state index >= 15 is 0 Å². The van der Waals surface area contributed by atoms with Crippen LogP contribution in [0.1, 0.15) is 53.9 Å².